The van der Waals surface area contributed by atoms with Gasteiger partial charge in [0.25, 0.3) is 11.5 Å². The molecule has 0 aliphatic carbocycles. The Labute approximate surface area is 147 Å². The number of H-pyrrole nitrogens is 1. The van der Waals surface area contributed by atoms with E-state index in [0.29, 0.717) is 10.5 Å². The lowest BCUT2D eigenvalue weighted by Gasteiger charge is -2.08. The molecule has 25 heavy (non-hydrogen) atoms. The fourth-order valence-electron chi connectivity index (χ4n) is 2.34. The number of hydrogen-bond acceptors (Lipinski definition) is 3. The highest BCUT2D eigenvalue weighted by Gasteiger charge is 2.13. The SMILES string of the molecule is O=C(Cc1ccc(Cl)cc1)NNC(=O)c1cc2ccccc2[nH]c1=O. The van der Waals surface area contributed by atoms with Crippen molar-refractivity contribution in [1.29, 1.82) is 0 Å². The number of nitrogens with one attached hydrogen (secondary N) is 3. The van der Waals surface area contributed by atoms with Crippen molar-refractivity contribution in [1.82, 2.24) is 15.8 Å². The van der Waals surface area contributed by atoms with Gasteiger partial charge in [-0.3, -0.25) is 25.2 Å². The zero-order valence-electron chi connectivity index (χ0n) is 13.0. The second-order valence-electron chi connectivity index (χ2n) is 5.40. The van der Waals surface area contributed by atoms with E-state index in [2.05, 4.69) is 15.8 Å². The Bertz CT molecular complexity index is 996. The summed E-state index contributed by atoms with van der Waals surface area (Å²) in [6.07, 6.45) is 0.0749. The first kappa shape index (κ1) is 16.7. The summed E-state index contributed by atoms with van der Waals surface area (Å²) in [4.78, 5) is 38.7. The van der Waals surface area contributed by atoms with Crippen molar-refractivity contribution in [2.75, 3.05) is 0 Å². The number of amides is 2. The lowest BCUT2D eigenvalue weighted by molar-refractivity contribution is -0.121. The van der Waals surface area contributed by atoms with Crippen molar-refractivity contribution < 1.29 is 9.59 Å². The highest BCUT2D eigenvalue weighted by molar-refractivity contribution is 6.30. The van der Waals surface area contributed by atoms with Crippen LogP contribution in [-0.4, -0.2) is 16.8 Å². The minimum Gasteiger partial charge on any atom is -0.321 e. The second kappa shape index (κ2) is 7.19. The minimum absolute atomic E-state index is 0.0749. The Morgan fingerprint density at radius 2 is 1.72 bits per heavy atom. The molecule has 0 spiro atoms. The van der Waals surface area contributed by atoms with Crippen LogP contribution in [0.25, 0.3) is 10.9 Å². The van der Waals surface area contributed by atoms with Gasteiger partial charge in [0, 0.05) is 10.5 Å². The molecule has 2 aromatic carbocycles. The van der Waals surface area contributed by atoms with Gasteiger partial charge >= 0.3 is 0 Å². The molecule has 7 heteroatoms. The van der Waals surface area contributed by atoms with Crippen molar-refractivity contribution in [3.8, 4) is 0 Å². The topological polar surface area (TPSA) is 91.1 Å². The Kier molecular flexibility index (Phi) is 4.81. The largest absolute Gasteiger partial charge is 0.321 e. The van der Waals surface area contributed by atoms with Crippen LogP contribution in [0.3, 0.4) is 0 Å². The van der Waals surface area contributed by atoms with E-state index < -0.39 is 17.4 Å². The first-order valence-corrected chi connectivity index (χ1v) is 7.86. The van der Waals surface area contributed by atoms with Crippen molar-refractivity contribution >= 4 is 34.3 Å². The van der Waals surface area contributed by atoms with Gasteiger partial charge in [-0.15, -0.1) is 0 Å². The predicted octanol–water partition coefficient (Wildman–Crippen LogP) is 2.19. The average Bonchev–Trinajstić information content (AvgIpc) is 2.61. The first-order chi connectivity index (χ1) is 12.0. The number of benzene rings is 2. The van der Waals surface area contributed by atoms with Crippen LogP contribution in [0.4, 0.5) is 0 Å². The third-order valence-electron chi connectivity index (χ3n) is 3.59. The molecule has 0 aliphatic heterocycles. The third kappa shape index (κ3) is 4.05. The average molecular weight is 356 g/mol. The highest BCUT2D eigenvalue weighted by atomic mass is 35.5. The summed E-state index contributed by atoms with van der Waals surface area (Å²) >= 11 is 5.78. The summed E-state index contributed by atoms with van der Waals surface area (Å²) in [5, 5.41) is 1.30. The Morgan fingerprint density at radius 1 is 1.00 bits per heavy atom. The molecule has 0 saturated carbocycles. The maximum absolute atomic E-state index is 12.1. The van der Waals surface area contributed by atoms with Crippen LogP contribution in [-0.2, 0) is 11.2 Å². The van der Waals surface area contributed by atoms with E-state index in [9.17, 15) is 14.4 Å². The van der Waals surface area contributed by atoms with Crippen molar-refractivity contribution in [2.45, 2.75) is 6.42 Å². The summed E-state index contributed by atoms with van der Waals surface area (Å²) in [5.41, 5.74) is 5.33. The predicted molar refractivity (Wildman–Crippen MR) is 95.3 cm³/mol. The van der Waals surface area contributed by atoms with Crippen LogP contribution in [0, 0.1) is 0 Å². The molecule has 0 saturated heterocycles. The van der Waals surface area contributed by atoms with E-state index in [4.69, 9.17) is 11.6 Å². The van der Waals surface area contributed by atoms with E-state index in [1.807, 2.05) is 0 Å². The molecule has 3 N–H and O–H groups in total. The normalized spacial score (nSPS) is 10.4. The van der Waals surface area contributed by atoms with Gasteiger partial charge in [0.1, 0.15) is 5.56 Å². The third-order valence-corrected chi connectivity index (χ3v) is 3.84. The zero-order chi connectivity index (χ0) is 17.8. The Morgan fingerprint density at radius 3 is 2.48 bits per heavy atom. The van der Waals surface area contributed by atoms with Crippen LogP contribution >= 0.6 is 11.6 Å². The van der Waals surface area contributed by atoms with E-state index in [1.165, 1.54) is 6.07 Å². The maximum Gasteiger partial charge on any atom is 0.275 e. The van der Waals surface area contributed by atoms with Crippen LogP contribution in [0.15, 0.2) is 59.4 Å². The van der Waals surface area contributed by atoms with Crippen LogP contribution in [0.5, 0.6) is 0 Å². The number of aromatic nitrogens is 1. The number of aromatic amines is 1. The van der Waals surface area contributed by atoms with Crippen LogP contribution in [0.1, 0.15) is 15.9 Å². The van der Waals surface area contributed by atoms with E-state index in [0.717, 1.165) is 10.9 Å². The molecule has 0 radical (unpaired) electrons. The summed E-state index contributed by atoms with van der Waals surface area (Å²) in [7, 11) is 0. The summed E-state index contributed by atoms with van der Waals surface area (Å²) in [5.74, 6) is -1.09. The van der Waals surface area contributed by atoms with Gasteiger partial charge in [0.15, 0.2) is 0 Å². The van der Waals surface area contributed by atoms with Gasteiger partial charge in [-0.1, -0.05) is 41.9 Å². The number of rotatable bonds is 3. The van der Waals surface area contributed by atoms with Gasteiger partial charge in [-0.2, -0.15) is 0 Å². The number of halogens is 1. The fourth-order valence-corrected chi connectivity index (χ4v) is 2.47. The molecule has 1 aromatic heterocycles. The zero-order valence-corrected chi connectivity index (χ0v) is 13.8. The fraction of sp³-hybridized carbons (Fsp3) is 0.0556. The quantitative estimate of drug-likeness (QED) is 0.629. The number of hydrogen-bond donors (Lipinski definition) is 3. The molecular weight excluding hydrogens is 342 g/mol. The van der Waals surface area contributed by atoms with Gasteiger partial charge in [0.05, 0.1) is 6.42 Å². The second-order valence-corrected chi connectivity index (χ2v) is 5.84. The molecule has 6 nitrogen and oxygen atoms in total. The van der Waals surface area contributed by atoms with Crippen molar-refractivity contribution in [3.05, 3.63) is 81.1 Å². The number of carbonyl (C=O) groups excluding carboxylic acids is 2. The molecule has 0 atom stereocenters. The Hall–Kier alpha value is -3.12. The van der Waals surface area contributed by atoms with Crippen LogP contribution in [0.2, 0.25) is 5.02 Å². The Balaban J connectivity index is 1.66. The van der Waals surface area contributed by atoms with Crippen molar-refractivity contribution in [2.24, 2.45) is 0 Å². The van der Waals surface area contributed by atoms with Crippen LogP contribution < -0.4 is 16.4 Å². The van der Waals surface area contributed by atoms with E-state index in [1.54, 1.807) is 48.5 Å². The standard InChI is InChI=1S/C18H14ClN3O3/c19-13-7-5-11(6-8-13)9-16(23)21-22-18(25)14-10-12-3-1-2-4-15(12)20-17(14)24/h1-8,10H,9H2,(H,20,24)(H,21,23)(H,22,25). The minimum atomic E-state index is -0.684. The highest BCUT2D eigenvalue weighted by Crippen LogP contribution is 2.10. The number of hydrazine groups is 1. The molecule has 3 aromatic rings. The van der Waals surface area contributed by atoms with Gasteiger partial charge in [-0.25, -0.2) is 0 Å². The molecule has 0 bridgehead atoms. The number of carbonyl (C=O) groups is 2. The summed E-state index contributed by atoms with van der Waals surface area (Å²) in [6.45, 7) is 0. The van der Waals surface area contributed by atoms with E-state index >= 15 is 0 Å². The summed E-state index contributed by atoms with van der Waals surface area (Å²) in [6, 6.07) is 15.4. The molecular formula is C18H14ClN3O3. The van der Waals surface area contributed by atoms with Gasteiger partial charge < -0.3 is 4.98 Å². The maximum atomic E-state index is 12.1. The molecule has 1 heterocycles. The number of fused-ring (bicyclic) bond motifs is 1. The molecule has 2 amide bonds. The van der Waals surface area contributed by atoms with Crippen molar-refractivity contribution in [3.63, 3.8) is 0 Å². The molecule has 126 valence electrons. The number of pyridine rings is 1. The van der Waals surface area contributed by atoms with E-state index in [-0.39, 0.29) is 12.0 Å². The smallest absolute Gasteiger partial charge is 0.275 e. The number of para-hydroxylation sites is 1. The van der Waals surface area contributed by atoms with Gasteiger partial charge in [-0.05, 0) is 35.2 Å². The molecule has 3 rings (SSSR count). The van der Waals surface area contributed by atoms with Gasteiger partial charge in [0.2, 0.25) is 5.91 Å². The summed E-state index contributed by atoms with van der Waals surface area (Å²) < 4.78 is 0. The molecule has 0 unspecified atom stereocenters. The molecule has 0 fully saturated rings. The first-order valence-electron chi connectivity index (χ1n) is 7.48. The lowest BCUT2D eigenvalue weighted by Crippen LogP contribution is -2.44. The molecule has 0 aliphatic rings. The lowest BCUT2D eigenvalue weighted by atomic mass is 10.1. The monoisotopic (exact) mass is 355 g/mol.